The number of aromatic nitrogens is 1. The van der Waals surface area contributed by atoms with Gasteiger partial charge in [0.15, 0.2) is 0 Å². The number of carbonyl (C=O) groups is 2. The third kappa shape index (κ3) is 6.45. The van der Waals surface area contributed by atoms with Gasteiger partial charge in [0.25, 0.3) is 5.91 Å². The zero-order valence-corrected chi connectivity index (χ0v) is 22.6. The number of benzene rings is 2. The van der Waals surface area contributed by atoms with Crippen molar-refractivity contribution < 1.29 is 14.3 Å². The monoisotopic (exact) mass is 525 g/mol. The Hall–Kier alpha value is -2.90. The fraction of sp³-hybridized carbons (Fsp3) is 0.393. The number of aryl methyl sites for hydroxylation is 2. The number of nitrogens with zero attached hydrogens (tertiary/aromatic N) is 3. The highest BCUT2D eigenvalue weighted by molar-refractivity contribution is 7.13. The molecule has 1 aliphatic heterocycles. The average Bonchev–Trinajstić information content (AvgIpc) is 3.20. The molecular formula is C28H32ClN3O3S. The highest BCUT2D eigenvalue weighted by atomic mass is 35.5. The molecule has 2 amide bonds. The van der Waals surface area contributed by atoms with Gasteiger partial charge in [0.05, 0.1) is 17.3 Å². The average molecular weight is 526 g/mol. The molecule has 2 heterocycles. The standard InChI is InChI=1S/C28H32ClN3O3S/c1-20-26(36-21(2)30-20)27(34)32-14-8-13-28(18-32,19-35-24-12-7-11-23(29)15-24)16-25(33)31(3)17-22-9-5-4-6-10-22/h4-7,9-12,15H,8,13-14,16-19H2,1-3H3/t28-/m1/s1. The summed E-state index contributed by atoms with van der Waals surface area (Å²) in [5, 5.41) is 1.47. The van der Waals surface area contributed by atoms with Crippen molar-refractivity contribution >= 4 is 34.8 Å². The Balaban J connectivity index is 1.54. The second-order valence-corrected chi connectivity index (χ2v) is 11.3. The fourth-order valence-electron chi connectivity index (χ4n) is 4.76. The van der Waals surface area contributed by atoms with Crippen LogP contribution in [-0.4, -0.2) is 53.3 Å². The molecule has 0 bridgehead atoms. The fourth-order valence-corrected chi connectivity index (χ4v) is 5.83. The van der Waals surface area contributed by atoms with E-state index in [1.807, 2.05) is 68.3 Å². The summed E-state index contributed by atoms with van der Waals surface area (Å²) in [4.78, 5) is 35.6. The molecule has 36 heavy (non-hydrogen) atoms. The van der Waals surface area contributed by atoms with Crippen molar-refractivity contribution in [3.8, 4) is 5.75 Å². The Morgan fingerprint density at radius 2 is 1.94 bits per heavy atom. The van der Waals surface area contributed by atoms with E-state index in [2.05, 4.69) is 4.98 Å². The quantitative estimate of drug-likeness (QED) is 0.375. The first-order valence-corrected chi connectivity index (χ1v) is 13.3. The van der Waals surface area contributed by atoms with E-state index < -0.39 is 5.41 Å². The van der Waals surface area contributed by atoms with Crippen LogP contribution in [0.4, 0.5) is 0 Å². The van der Waals surface area contributed by atoms with Gasteiger partial charge in [0.2, 0.25) is 5.91 Å². The van der Waals surface area contributed by atoms with E-state index in [1.54, 1.807) is 17.0 Å². The minimum Gasteiger partial charge on any atom is -0.493 e. The number of thiazole rings is 1. The zero-order valence-electron chi connectivity index (χ0n) is 21.0. The first-order valence-electron chi connectivity index (χ1n) is 12.1. The Kier molecular flexibility index (Phi) is 8.32. The second-order valence-electron chi connectivity index (χ2n) is 9.64. The molecule has 1 aliphatic rings. The van der Waals surface area contributed by atoms with E-state index in [4.69, 9.17) is 16.3 Å². The number of ether oxygens (including phenoxy) is 1. The summed E-state index contributed by atoms with van der Waals surface area (Å²) in [5.74, 6) is 0.673. The van der Waals surface area contributed by atoms with Crippen LogP contribution in [-0.2, 0) is 11.3 Å². The maximum atomic E-state index is 13.4. The number of amides is 2. The van der Waals surface area contributed by atoms with Gasteiger partial charge in [0.1, 0.15) is 10.6 Å². The first kappa shape index (κ1) is 26.2. The summed E-state index contributed by atoms with van der Waals surface area (Å²) >= 11 is 7.58. The molecule has 0 aliphatic carbocycles. The molecule has 1 saturated heterocycles. The molecule has 1 aromatic heterocycles. The number of carbonyl (C=O) groups excluding carboxylic acids is 2. The van der Waals surface area contributed by atoms with Crippen LogP contribution in [0.3, 0.4) is 0 Å². The number of hydrogen-bond acceptors (Lipinski definition) is 5. The molecule has 6 nitrogen and oxygen atoms in total. The number of rotatable bonds is 8. The zero-order chi connectivity index (χ0) is 25.7. The molecular weight excluding hydrogens is 494 g/mol. The van der Waals surface area contributed by atoms with Crippen molar-refractivity contribution in [2.75, 3.05) is 26.7 Å². The van der Waals surface area contributed by atoms with Crippen molar-refractivity contribution in [3.63, 3.8) is 0 Å². The third-order valence-electron chi connectivity index (χ3n) is 6.60. The van der Waals surface area contributed by atoms with Crippen LogP contribution in [0.1, 0.15) is 45.2 Å². The largest absolute Gasteiger partial charge is 0.493 e. The number of piperidine rings is 1. The summed E-state index contributed by atoms with van der Waals surface area (Å²) < 4.78 is 6.19. The van der Waals surface area contributed by atoms with Crippen molar-refractivity contribution in [3.05, 3.63) is 80.8 Å². The van der Waals surface area contributed by atoms with Gasteiger partial charge in [-0.1, -0.05) is 48.0 Å². The Morgan fingerprint density at radius 3 is 2.64 bits per heavy atom. The highest BCUT2D eigenvalue weighted by Crippen LogP contribution is 2.36. The SMILES string of the molecule is Cc1nc(C)c(C(=O)N2CCC[C@@](COc3cccc(Cl)c3)(CC(=O)N(C)Cc3ccccc3)C2)s1. The lowest BCUT2D eigenvalue weighted by Gasteiger charge is -2.42. The van der Waals surface area contributed by atoms with Gasteiger partial charge in [-0.05, 0) is 50.5 Å². The lowest BCUT2D eigenvalue weighted by atomic mass is 9.77. The topological polar surface area (TPSA) is 62.7 Å². The second kappa shape index (κ2) is 11.4. The Labute approximate surface area is 221 Å². The molecule has 1 fully saturated rings. The lowest BCUT2D eigenvalue weighted by Crippen LogP contribution is -2.50. The highest BCUT2D eigenvalue weighted by Gasteiger charge is 2.41. The number of likely N-dealkylation sites (tertiary alicyclic amines) is 1. The van der Waals surface area contributed by atoms with Gasteiger partial charge in [0, 0.05) is 43.5 Å². The molecule has 190 valence electrons. The summed E-state index contributed by atoms with van der Waals surface area (Å²) in [5.41, 5.74) is 1.33. The van der Waals surface area contributed by atoms with Crippen molar-refractivity contribution in [2.24, 2.45) is 5.41 Å². The van der Waals surface area contributed by atoms with Crippen LogP contribution >= 0.6 is 22.9 Å². The van der Waals surface area contributed by atoms with E-state index in [1.165, 1.54) is 11.3 Å². The number of halogens is 1. The van der Waals surface area contributed by atoms with Crippen LogP contribution in [0.15, 0.2) is 54.6 Å². The molecule has 0 spiro atoms. The van der Waals surface area contributed by atoms with Crippen LogP contribution < -0.4 is 4.74 Å². The predicted octanol–water partition coefficient (Wildman–Crippen LogP) is 5.76. The van der Waals surface area contributed by atoms with Gasteiger partial charge >= 0.3 is 0 Å². The molecule has 0 saturated carbocycles. The van der Waals surface area contributed by atoms with Crippen LogP contribution in [0.2, 0.25) is 5.02 Å². The van der Waals surface area contributed by atoms with Crippen molar-refractivity contribution in [2.45, 2.75) is 39.7 Å². The lowest BCUT2D eigenvalue weighted by molar-refractivity contribution is -0.134. The molecule has 4 rings (SSSR count). The molecule has 2 aromatic carbocycles. The summed E-state index contributed by atoms with van der Waals surface area (Å²) in [6.45, 7) is 5.75. The Bertz CT molecular complexity index is 1220. The maximum absolute atomic E-state index is 13.4. The van der Waals surface area contributed by atoms with Gasteiger partial charge in [-0.15, -0.1) is 11.3 Å². The molecule has 0 N–H and O–H groups in total. The smallest absolute Gasteiger partial charge is 0.265 e. The van der Waals surface area contributed by atoms with Gasteiger partial charge in [-0.25, -0.2) is 4.98 Å². The van der Waals surface area contributed by atoms with Gasteiger partial charge in [-0.2, -0.15) is 0 Å². The molecule has 0 radical (unpaired) electrons. The van der Waals surface area contributed by atoms with Crippen LogP contribution in [0, 0.1) is 19.3 Å². The summed E-state index contributed by atoms with van der Waals surface area (Å²) in [6.07, 6.45) is 1.89. The van der Waals surface area contributed by atoms with E-state index in [0.717, 1.165) is 29.1 Å². The molecule has 0 unspecified atom stereocenters. The third-order valence-corrected chi connectivity index (χ3v) is 7.90. The van der Waals surface area contributed by atoms with Crippen LogP contribution in [0.5, 0.6) is 5.75 Å². The van der Waals surface area contributed by atoms with E-state index >= 15 is 0 Å². The normalized spacial score (nSPS) is 17.6. The summed E-state index contributed by atoms with van der Waals surface area (Å²) in [7, 11) is 1.83. The van der Waals surface area contributed by atoms with Crippen molar-refractivity contribution in [1.82, 2.24) is 14.8 Å². The predicted molar refractivity (Wildman–Crippen MR) is 144 cm³/mol. The molecule has 8 heteroatoms. The van der Waals surface area contributed by atoms with E-state index in [0.29, 0.717) is 48.3 Å². The minimum absolute atomic E-state index is 0.0185. The summed E-state index contributed by atoms with van der Waals surface area (Å²) in [6, 6.07) is 17.2. The van der Waals surface area contributed by atoms with E-state index in [-0.39, 0.29) is 11.8 Å². The van der Waals surface area contributed by atoms with E-state index in [9.17, 15) is 9.59 Å². The first-order chi connectivity index (χ1) is 17.2. The maximum Gasteiger partial charge on any atom is 0.265 e. The Morgan fingerprint density at radius 1 is 1.17 bits per heavy atom. The van der Waals surface area contributed by atoms with Crippen molar-refractivity contribution in [1.29, 1.82) is 0 Å². The van der Waals surface area contributed by atoms with Gasteiger partial charge in [-0.3, -0.25) is 9.59 Å². The van der Waals surface area contributed by atoms with Crippen LogP contribution in [0.25, 0.3) is 0 Å². The minimum atomic E-state index is -0.508. The van der Waals surface area contributed by atoms with Gasteiger partial charge < -0.3 is 14.5 Å². The number of hydrogen-bond donors (Lipinski definition) is 0. The molecule has 1 atom stereocenters. The molecule has 3 aromatic rings.